The first kappa shape index (κ1) is 19.5. The van der Waals surface area contributed by atoms with Crippen molar-refractivity contribution in [2.24, 2.45) is 0 Å². The lowest BCUT2D eigenvalue weighted by Crippen LogP contribution is -2.28. The van der Waals surface area contributed by atoms with Crippen molar-refractivity contribution in [1.29, 1.82) is 0 Å². The SMILES string of the molecule is CCNC(=O)Nc1ccc2ncc(Nc3ccc(Br)cc3C(=O)OC)nc2n1. The number of nitrogens with zero attached hydrogens (tertiary/aromatic N) is 3. The second-order valence-electron chi connectivity index (χ2n) is 5.59. The van der Waals surface area contributed by atoms with Crippen LogP contribution in [0.3, 0.4) is 0 Å². The third-order valence-corrected chi connectivity index (χ3v) is 4.13. The highest BCUT2D eigenvalue weighted by atomic mass is 79.9. The summed E-state index contributed by atoms with van der Waals surface area (Å²) in [6.07, 6.45) is 1.53. The van der Waals surface area contributed by atoms with Gasteiger partial charge in [-0.1, -0.05) is 15.9 Å². The highest BCUT2D eigenvalue weighted by Gasteiger charge is 2.14. The molecule has 0 radical (unpaired) electrons. The number of ether oxygens (including phenoxy) is 1. The molecule has 144 valence electrons. The van der Waals surface area contributed by atoms with Crippen molar-refractivity contribution in [1.82, 2.24) is 20.3 Å². The molecule has 0 aliphatic heterocycles. The van der Waals surface area contributed by atoms with Crippen molar-refractivity contribution in [2.45, 2.75) is 6.92 Å². The first-order valence-corrected chi connectivity index (χ1v) is 9.13. The van der Waals surface area contributed by atoms with Gasteiger partial charge >= 0.3 is 12.0 Å². The molecule has 10 heteroatoms. The fourth-order valence-corrected chi connectivity index (χ4v) is 2.75. The predicted octanol–water partition coefficient (Wildman–Crippen LogP) is 3.46. The zero-order valence-corrected chi connectivity index (χ0v) is 16.7. The molecule has 0 saturated carbocycles. The van der Waals surface area contributed by atoms with E-state index < -0.39 is 5.97 Å². The number of carbonyl (C=O) groups is 2. The number of urea groups is 1. The average molecular weight is 445 g/mol. The summed E-state index contributed by atoms with van der Waals surface area (Å²) in [5.74, 6) is 0.260. The first-order valence-electron chi connectivity index (χ1n) is 8.33. The summed E-state index contributed by atoms with van der Waals surface area (Å²) in [7, 11) is 1.32. The van der Waals surface area contributed by atoms with Gasteiger partial charge in [-0.15, -0.1) is 0 Å². The maximum atomic E-state index is 12.0. The van der Waals surface area contributed by atoms with Crippen LogP contribution >= 0.6 is 15.9 Å². The van der Waals surface area contributed by atoms with E-state index in [0.29, 0.717) is 40.6 Å². The summed E-state index contributed by atoms with van der Waals surface area (Å²) in [5.41, 5.74) is 1.77. The highest BCUT2D eigenvalue weighted by Crippen LogP contribution is 2.25. The number of halogens is 1. The second-order valence-corrected chi connectivity index (χ2v) is 6.50. The summed E-state index contributed by atoms with van der Waals surface area (Å²) in [6, 6.07) is 8.16. The Bertz CT molecular complexity index is 1040. The number of nitrogens with one attached hydrogen (secondary N) is 3. The van der Waals surface area contributed by atoms with Crippen molar-refractivity contribution in [3.63, 3.8) is 0 Å². The molecule has 2 heterocycles. The Morgan fingerprint density at radius 1 is 1.14 bits per heavy atom. The van der Waals surface area contributed by atoms with Gasteiger partial charge in [0, 0.05) is 11.0 Å². The molecular weight excluding hydrogens is 428 g/mol. The van der Waals surface area contributed by atoms with Gasteiger partial charge in [-0.05, 0) is 37.3 Å². The van der Waals surface area contributed by atoms with Crippen LogP contribution in [0.4, 0.5) is 22.1 Å². The van der Waals surface area contributed by atoms with Gasteiger partial charge in [0.1, 0.15) is 11.3 Å². The molecule has 0 bridgehead atoms. The predicted molar refractivity (Wildman–Crippen MR) is 109 cm³/mol. The van der Waals surface area contributed by atoms with E-state index in [4.69, 9.17) is 4.74 Å². The van der Waals surface area contributed by atoms with Crippen molar-refractivity contribution in [2.75, 3.05) is 24.3 Å². The minimum atomic E-state index is -0.482. The molecule has 3 N–H and O–H groups in total. The lowest BCUT2D eigenvalue weighted by atomic mass is 10.2. The number of amides is 2. The Morgan fingerprint density at radius 3 is 2.68 bits per heavy atom. The normalized spacial score (nSPS) is 10.4. The number of aromatic nitrogens is 3. The maximum Gasteiger partial charge on any atom is 0.340 e. The van der Waals surface area contributed by atoms with E-state index >= 15 is 0 Å². The van der Waals surface area contributed by atoms with E-state index in [2.05, 4.69) is 46.8 Å². The van der Waals surface area contributed by atoms with E-state index in [1.54, 1.807) is 30.3 Å². The summed E-state index contributed by atoms with van der Waals surface area (Å²) in [5, 5.41) is 8.31. The minimum absolute atomic E-state index is 0.344. The number of hydrogen-bond donors (Lipinski definition) is 3. The maximum absolute atomic E-state index is 12.0. The number of hydrogen-bond acceptors (Lipinski definition) is 7. The largest absolute Gasteiger partial charge is 0.465 e. The van der Waals surface area contributed by atoms with Gasteiger partial charge in [-0.3, -0.25) is 5.32 Å². The number of pyridine rings is 1. The molecule has 1 aromatic carbocycles. The van der Waals surface area contributed by atoms with Crippen molar-refractivity contribution in [3.8, 4) is 0 Å². The molecule has 0 spiro atoms. The average Bonchev–Trinajstić information content (AvgIpc) is 2.68. The van der Waals surface area contributed by atoms with Crippen LogP contribution in [0.5, 0.6) is 0 Å². The van der Waals surface area contributed by atoms with Crippen LogP contribution in [0, 0.1) is 0 Å². The summed E-state index contributed by atoms with van der Waals surface area (Å²) >= 11 is 3.34. The zero-order chi connectivity index (χ0) is 20.1. The van der Waals surface area contributed by atoms with Crippen LogP contribution in [0.15, 0.2) is 41.0 Å². The lowest BCUT2D eigenvalue weighted by Gasteiger charge is -2.11. The topological polar surface area (TPSA) is 118 Å². The Balaban J connectivity index is 1.90. The highest BCUT2D eigenvalue weighted by molar-refractivity contribution is 9.10. The minimum Gasteiger partial charge on any atom is -0.465 e. The van der Waals surface area contributed by atoms with Gasteiger partial charge in [0.2, 0.25) is 0 Å². The van der Waals surface area contributed by atoms with Crippen molar-refractivity contribution < 1.29 is 14.3 Å². The Hall–Kier alpha value is -3.27. The Kier molecular flexibility index (Phi) is 5.99. The molecule has 9 nitrogen and oxygen atoms in total. The van der Waals surface area contributed by atoms with Crippen molar-refractivity contribution in [3.05, 3.63) is 46.6 Å². The first-order chi connectivity index (χ1) is 13.5. The van der Waals surface area contributed by atoms with Gasteiger partial charge in [0.05, 0.1) is 24.6 Å². The van der Waals surface area contributed by atoms with E-state index in [1.165, 1.54) is 13.3 Å². The molecule has 0 unspecified atom stereocenters. The lowest BCUT2D eigenvalue weighted by molar-refractivity contribution is 0.0602. The molecular formula is C18H17BrN6O3. The number of methoxy groups -OCH3 is 1. The van der Waals surface area contributed by atoms with Crippen LogP contribution in [0.2, 0.25) is 0 Å². The van der Waals surface area contributed by atoms with Crippen LogP contribution in [0.25, 0.3) is 11.2 Å². The molecule has 3 aromatic rings. The van der Waals surface area contributed by atoms with Gasteiger partial charge in [0.15, 0.2) is 11.5 Å². The van der Waals surface area contributed by atoms with E-state index in [9.17, 15) is 9.59 Å². The molecule has 0 aliphatic rings. The molecule has 0 saturated heterocycles. The van der Waals surface area contributed by atoms with E-state index in [0.717, 1.165) is 4.47 Å². The number of benzene rings is 1. The number of carbonyl (C=O) groups excluding carboxylic acids is 2. The number of rotatable bonds is 5. The molecule has 0 fully saturated rings. The third-order valence-electron chi connectivity index (χ3n) is 3.64. The Morgan fingerprint density at radius 2 is 1.93 bits per heavy atom. The summed E-state index contributed by atoms with van der Waals surface area (Å²) in [4.78, 5) is 36.7. The van der Waals surface area contributed by atoms with Crippen LogP contribution in [-0.4, -0.2) is 40.6 Å². The zero-order valence-electron chi connectivity index (χ0n) is 15.1. The summed E-state index contributed by atoms with van der Waals surface area (Å²) < 4.78 is 5.56. The third kappa shape index (κ3) is 4.52. The molecule has 3 rings (SSSR count). The number of esters is 1. The Labute approximate surface area is 169 Å². The standard InChI is InChI=1S/C18H17BrN6O3/c1-3-20-18(27)25-14-7-6-13-16(23-14)24-15(9-21-13)22-12-5-4-10(19)8-11(12)17(26)28-2/h4-9H,3H2,1-2H3,(H3,20,22,23,24,25,27). The fraction of sp³-hybridized carbons (Fsp3) is 0.167. The molecule has 2 aromatic heterocycles. The van der Waals surface area contributed by atoms with E-state index in [-0.39, 0.29) is 6.03 Å². The monoisotopic (exact) mass is 444 g/mol. The van der Waals surface area contributed by atoms with Crippen LogP contribution in [0.1, 0.15) is 17.3 Å². The fourth-order valence-electron chi connectivity index (χ4n) is 2.39. The second kappa shape index (κ2) is 8.61. The van der Waals surface area contributed by atoms with Crippen LogP contribution < -0.4 is 16.0 Å². The number of anilines is 3. The molecule has 28 heavy (non-hydrogen) atoms. The van der Waals surface area contributed by atoms with Crippen LogP contribution in [-0.2, 0) is 4.74 Å². The smallest absolute Gasteiger partial charge is 0.340 e. The number of fused-ring (bicyclic) bond motifs is 1. The van der Waals surface area contributed by atoms with Gasteiger partial charge in [-0.2, -0.15) is 0 Å². The molecule has 0 atom stereocenters. The summed E-state index contributed by atoms with van der Waals surface area (Å²) in [6.45, 7) is 2.32. The van der Waals surface area contributed by atoms with Gasteiger partial charge < -0.3 is 15.4 Å². The van der Waals surface area contributed by atoms with E-state index in [1.807, 2.05) is 6.92 Å². The van der Waals surface area contributed by atoms with Gasteiger partial charge in [-0.25, -0.2) is 24.5 Å². The molecule has 2 amide bonds. The molecule has 0 aliphatic carbocycles. The quantitative estimate of drug-likeness (QED) is 0.515. The van der Waals surface area contributed by atoms with Crippen molar-refractivity contribution >= 4 is 56.4 Å². The van der Waals surface area contributed by atoms with Gasteiger partial charge in [0.25, 0.3) is 0 Å².